The Morgan fingerprint density at radius 2 is 1.20 bits per heavy atom. The third-order valence-electron chi connectivity index (χ3n) is 9.58. The maximum absolute atomic E-state index is 12.7. The van der Waals surface area contributed by atoms with E-state index in [0.29, 0.717) is 47.7 Å². The van der Waals surface area contributed by atoms with Gasteiger partial charge in [-0.05, 0) is 48.5 Å². The lowest BCUT2D eigenvalue weighted by atomic mass is 10.2. The summed E-state index contributed by atoms with van der Waals surface area (Å²) in [6.45, 7) is 6.18. The summed E-state index contributed by atoms with van der Waals surface area (Å²) in [4.78, 5) is 42.0. The molecule has 16 heteroatoms. The summed E-state index contributed by atoms with van der Waals surface area (Å²) in [6, 6.07) is 19.0. The van der Waals surface area contributed by atoms with Crippen molar-refractivity contribution in [3.8, 4) is 11.5 Å². The number of amides is 2. The second-order valence-corrected chi connectivity index (χ2v) is 13.6. The van der Waals surface area contributed by atoms with Gasteiger partial charge in [-0.3, -0.25) is 28.9 Å². The van der Waals surface area contributed by atoms with Crippen molar-refractivity contribution < 1.29 is 19.1 Å². The number of piperazine rings is 2. The largest absolute Gasteiger partial charge is 0.495 e. The smallest absolute Gasteiger partial charge is 0.244 e. The highest BCUT2D eigenvalue weighted by molar-refractivity contribution is 6.32. The first-order chi connectivity index (χ1) is 26.3. The van der Waals surface area contributed by atoms with Crippen LogP contribution in [0.25, 0.3) is 22.1 Å². The molecule has 2 amide bonds. The van der Waals surface area contributed by atoms with Gasteiger partial charge in [-0.1, -0.05) is 23.2 Å². The van der Waals surface area contributed by atoms with Crippen molar-refractivity contribution in [2.45, 2.75) is 13.1 Å². The predicted octanol–water partition coefficient (Wildman–Crippen LogP) is 4.88. The lowest BCUT2D eigenvalue weighted by Crippen LogP contribution is -2.49. The molecule has 0 spiro atoms. The molecule has 2 aromatic carbocycles. The Morgan fingerprint density at radius 3 is 1.76 bits per heavy atom. The van der Waals surface area contributed by atoms with Crippen LogP contribution in [0, 0.1) is 0 Å². The van der Waals surface area contributed by atoms with E-state index in [1.165, 1.54) is 0 Å². The summed E-state index contributed by atoms with van der Waals surface area (Å²) in [5.41, 5.74) is 5.36. The highest BCUT2D eigenvalue weighted by Crippen LogP contribution is 2.31. The van der Waals surface area contributed by atoms with Crippen LogP contribution in [0.15, 0.2) is 85.5 Å². The van der Waals surface area contributed by atoms with E-state index in [9.17, 15) is 9.59 Å². The molecular weight excluding hydrogens is 731 g/mol. The number of methoxy groups -OCH3 is 2. The van der Waals surface area contributed by atoms with Gasteiger partial charge in [0.2, 0.25) is 11.8 Å². The number of carbonyl (C=O) groups is 2. The highest BCUT2D eigenvalue weighted by Gasteiger charge is 2.24. The Hall–Kier alpha value is -5.60. The fourth-order valence-electron chi connectivity index (χ4n) is 6.61. The number of benzene rings is 2. The second kappa shape index (κ2) is 16.6. The summed E-state index contributed by atoms with van der Waals surface area (Å²) in [5, 5.41) is 9.88. The first-order valence-corrected chi connectivity index (χ1v) is 18.3. The lowest BCUT2D eigenvalue weighted by molar-refractivity contribution is -0.133. The van der Waals surface area contributed by atoms with E-state index in [1.54, 1.807) is 42.2 Å². The molecule has 0 radical (unpaired) electrons. The van der Waals surface area contributed by atoms with Crippen molar-refractivity contribution in [2.24, 2.45) is 0 Å². The zero-order chi connectivity index (χ0) is 37.6. The number of rotatable bonds is 8. The van der Waals surface area contributed by atoms with Crippen LogP contribution in [-0.2, 0) is 22.7 Å². The van der Waals surface area contributed by atoms with Gasteiger partial charge in [-0.15, -0.1) is 0 Å². The van der Waals surface area contributed by atoms with Gasteiger partial charge in [-0.25, -0.2) is 0 Å². The topological polar surface area (TPSA) is 127 Å². The first-order valence-electron chi connectivity index (χ1n) is 17.6. The average Bonchev–Trinajstić information content (AvgIpc) is 3.82. The van der Waals surface area contributed by atoms with Crippen LogP contribution in [-0.4, -0.2) is 118 Å². The molecular formula is C38H40Cl2N10O4. The number of fused-ring (bicyclic) bond motifs is 2. The van der Waals surface area contributed by atoms with E-state index in [-0.39, 0.29) is 24.9 Å². The summed E-state index contributed by atoms with van der Waals surface area (Å²) >= 11 is 12.2. The minimum absolute atomic E-state index is 0.0659. The van der Waals surface area contributed by atoms with Crippen LogP contribution in [0.3, 0.4) is 0 Å². The Kier molecular flexibility index (Phi) is 11.3. The molecule has 0 unspecified atom stereocenters. The van der Waals surface area contributed by atoms with E-state index in [4.69, 9.17) is 32.7 Å². The highest BCUT2D eigenvalue weighted by atomic mass is 35.5. The fourth-order valence-corrected chi connectivity index (χ4v) is 7.00. The Labute approximate surface area is 322 Å². The normalized spacial score (nSPS) is 14.6. The van der Waals surface area contributed by atoms with E-state index in [0.717, 1.165) is 59.6 Å². The van der Waals surface area contributed by atoms with Crippen LogP contribution in [0.5, 0.6) is 11.5 Å². The molecule has 2 aliphatic rings. The van der Waals surface area contributed by atoms with Crippen LogP contribution in [0.1, 0.15) is 0 Å². The predicted molar refractivity (Wildman–Crippen MR) is 209 cm³/mol. The molecule has 280 valence electrons. The van der Waals surface area contributed by atoms with E-state index >= 15 is 0 Å². The molecule has 2 aliphatic heterocycles. The number of hydrogen-bond donors (Lipinski definition) is 0. The number of pyridine rings is 2. The van der Waals surface area contributed by atoms with Crippen molar-refractivity contribution in [3.63, 3.8) is 0 Å². The van der Waals surface area contributed by atoms with Crippen molar-refractivity contribution in [1.82, 2.24) is 39.3 Å². The average molecular weight is 772 g/mol. The molecule has 8 rings (SSSR count). The Balaban J connectivity index is 0.000000167. The number of anilines is 2. The van der Waals surface area contributed by atoms with E-state index < -0.39 is 0 Å². The van der Waals surface area contributed by atoms with E-state index in [1.807, 2.05) is 76.7 Å². The number of aromatic nitrogens is 6. The van der Waals surface area contributed by atoms with Gasteiger partial charge in [0.25, 0.3) is 0 Å². The first kappa shape index (κ1) is 36.7. The van der Waals surface area contributed by atoms with Crippen LogP contribution < -0.4 is 19.3 Å². The number of ether oxygens (including phenoxy) is 2. The number of nitrogens with zero attached hydrogens (tertiary/aromatic N) is 10. The molecule has 4 aromatic heterocycles. The maximum Gasteiger partial charge on any atom is 0.244 e. The van der Waals surface area contributed by atoms with Gasteiger partial charge in [0.1, 0.15) is 41.1 Å². The summed E-state index contributed by atoms with van der Waals surface area (Å²) in [7, 11) is 3.21. The summed E-state index contributed by atoms with van der Waals surface area (Å²) in [5.74, 6) is 1.45. The number of carbonyl (C=O) groups excluding carboxylic acids is 2. The molecule has 6 heterocycles. The molecule has 0 bridgehead atoms. The molecule has 0 aliphatic carbocycles. The van der Waals surface area contributed by atoms with E-state index in [2.05, 4.69) is 30.0 Å². The Morgan fingerprint density at radius 1 is 0.667 bits per heavy atom. The van der Waals surface area contributed by atoms with Crippen molar-refractivity contribution in [3.05, 3.63) is 95.5 Å². The maximum atomic E-state index is 12.7. The second-order valence-electron chi connectivity index (χ2n) is 12.8. The van der Waals surface area contributed by atoms with Gasteiger partial charge < -0.3 is 29.1 Å². The molecule has 14 nitrogen and oxygen atoms in total. The fraction of sp³-hybridized carbons (Fsp3) is 0.316. The monoisotopic (exact) mass is 770 g/mol. The third-order valence-corrected chi connectivity index (χ3v) is 10.2. The van der Waals surface area contributed by atoms with Crippen LogP contribution in [0.4, 0.5) is 11.4 Å². The van der Waals surface area contributed by atoms with Crippen LogP contribution in [0.2, 0.25) is 10.0 Å². The molecule has 2 fully saturated rings. The summed E-state index contributed by atoms with van der Waals surface area (Å²) in [6.07, 6.45) is 6.94. The molecule has 6 aromatic rings. The molecule has 2 saturated heterocycles. The number of hydrogen-bond acceptors (Lipinski definition) is 10. The third kappa shape index (κ3) is 8.29. The van der Waals surface area contributed by atoms with Gasteiger partial charge >= 0.3 is 0 Å². The summed E-state index contributed by atoms with van der Waals surface area (Å²) < 4.78 is 14.0. The van der Waals surface area contributed by atoms with Gasteiger partial charge in [0.05, 0.1) is 42.2 Å². The lowest BCUT2D eigenvalue weighted by Gasteiger charge is -2.36. The molecule has 0 saturated carbocycles. The van der Waals surface area contributed by atoms with Crippen molar-refractivity contribution >= 4 is 68.5 Å². The van der Waals surface area contributed by atoms with Gasteiger partial charge in [0.15, 0.2) is 0 Å². The van der Waals surface area contributed by atoms with Gasteiger partial charge in [0, 0.05) is 88.3 Å². The SMILES string of the molecule is COc1cc(N2CCN(C(=O)Cn3cc4ncccc4n3)CC2)ccc1Cl.COc1cc(N2CCN(C(=O)Cn3ncc4ncccc43)CC2)ccc1Cl. The van der Waals surface area contributed by atoms with Crippen molar-refractivity contribution in [1.29, 1.82) is 0 Å². The van der Waals surface area contributed by atoms with Crippen LogP contribution >= 0.6 is 23.2 Å². The zero-order valence-electron chi connectivity index (χ0n) is 30.0. The zero-order valence-corrected chi connectivity index (χ0v) is 31.5. The quantitative estimate of drug-likeness (QED) is 0.211. The Bertz CT molecular complexity index is 2210. The molecule has 0 atom stereocenters. The van der Waals surface area contributed by atoms with Gasteiger partial charge in [-0.2, -0.15) is 10.2 Å². The van der Waals surface area contributed by atoms with Crippen molar-refractivity contribution in [2.75, 3.05) is 76.4 Å². The number of halogens is 2. The molecule has 54 heavy (non-hydrogen) atoms. The minimum Gasteiger partial charge on any atom is -0.495 e. The molecule has 0 N–H and O–H groups in total. The minimum atomic E-state index is 0.0659. The standard InChI is InChI=1S/2C19H20ClN5O2/c1-27-18-11-14(4-5-15(18)20)23-7-9-24(10-8-23)19(26)13-25-17-3-2-6-21-16(17)12-22-25;1-27-18-11-14(4-5-15(18)20)23-7-9-24(10-8-23)19(26)13-25-12-17-16(22-25)3-2-6-21-17/h2*2-6,11-12H,7-10,13H2,1H3.